The van der Waals surface area contributed by atoms with E-state index in [0.717, 1.165) is 51.0 Å². The third-order valence-electron chi connectivity index (χ3n) is 7.57. The second-order valence-electron chi connectivity index (χ2n) is 9.92. The monoisotopic (exact) mass is 499 g/mol. The smallest absolute Gasteiger partial charge is 0.274 e. The van der Waals surface area contributed by atoms with E-state index in [2.05, 4.69) is 25.2 Å². The molecule has 35 heavy (non-hydrogen) atoms. The molecule has 4 bridgehead atoms. The van der Waals surface area contributed by atoms with Crippen LogP contribution in [0.1, 0.15) is 49.0 Å². The zero-order valence-corrected chi connectivity index (χ0v) is 20.6. The Hall–Kier alpha value is -2.85. The number of aromatic nitrogens is 1. The maximum Gasteiger partial charge on any atom is 0.274 e. The highest BCUT2D eigenvalue weighted by Gasteiger charge is 2.51. The van der Waals surface area contributed by atoms with Crippen molar-refractivity contribution in [2.45, 2.75) is 38.5 Å². The third-order valence-corrected chi connectivity index (χ3v) is 8.83. The van der Waals surface area contributed by atoms with Gasteiger partial charge in [-0.3, -0.25) is 9.52 Å². The lowest BCUT2D eigenvalue weighted by molar-refractivity contribution is 0.102. The number of fused-ring (bicyclic) bond motifs is 7. The molecule has 2 aliphatic heterocycles. The van der Waals surface area contributed by atoms with Crippen molar-refractivity contribution >= 4 is 38.8 Å². The Balaban J connectivity index is 1.50. The van der Waals surface area contributed by atoms with Crippen LogP contribution in [0.15, 0.2) is 36.4 Å². The zero-order chi connectivity index (χ0) is 24.5. The zero-order valence-electron chi connectivity index (χ0n) is 19.8. The molecule has 1 saturated carbocycles. The Labute approximate surface area is 206 Å². The molecule has 0 radical (unpaired) electrons. The van der Waals surface area contributed by atoms with Crippen LogP contribution in [0.3, 0.4) is 0 Å². The van der Waals surface area contributed by atoms with Gasteiger partial charge in [0.15, 0.2) is 0 Å². The first-order valence-electron chi connectivity index (χ1n) is 12.4. The van der Waals surface area contributed by atoms with Crippen LogP contribution < -0.4 is 20.3 Å². The molecule has 1 spiro atoms. The van der Waals surface area contributed by atoms with Gasteiger partial charge in [-0.2, -0.15) is 0 Å². The Morgan fingerprint density at radius 3 is 2.83 bits per heavy atom. The summed E-state index contributed by atoms with van der Waals surface area (Å²) in [7, 11) is -3.66. The van der Waals surface area contributed by atoms with Crippen molar-refractivity contribution in [3.8, 4) is 0 Å². The van der Waals surface area contributed by atoms with Gasteiger partial charge < -0.3 is 20.6 Å². The number of hydrogen-bond acceptors (Lipinski definition) is 7. The van der Waals surface area contributed by atoms with Crippen LogP contribution in [0.2, 0.25) is 0 Å². The number of piperidine rings is 1. The van der Waals surface area contributed by atoms with E-state index >= 15 is 0 Å². The Kier molecular flexibility index (Phi) is 6.59. The van der Waals surface area contributed by atoms with Gasteiger partial charge in [-0.1, -0.05) is 12.5 Å². The van der Waals surface area contributed by atoms with Gasteiger partial charge >= 0.3 is 0 Å². The van der Waals surface area contributed by atoms with E-state index in [0.29, 0.717) is 34.2 Å². The van der Waals surface area contributed by atoms with Crippen LogP contribution in [-0.2, 0) is 10.0 Å². The van der Waals surface area contributed by atoms with Gasteiger partial charge in [0.1, 0.15) is 11.5 Å². The molecule has 9 nitrogen and oxygen atoms in total. The maximum absolute atomic E-state index is 13.1. The maximum atomic E-state index is 13.1. The number of amides is 1. The summed E-state index contributed by atoms with van der Waals surface area (Å²) >= 11 is 0. The number of nitrogens with zero attached hydrogens (tertiary/aromatic N) is 2. The molecule has 3 heterocycles. The van der Waals surface area contributed by atoms with Crippen molar-refractivity contribution < 1.29 is 18.3 Å². The lowest BCUT2D eigenvalue weighted by atomic mass is 9.79. The van der Waals surface area contributed by atoms with Crippen LogP contribution in [0.5, 0.6) is 0 Å². The fourth-order valence-corrected chi connectivity index (χ4v) is 6.27. The molecular weight excluding hydrogens is 466 g/mol. The number of pyridine rings is 1. The van der Waals surface area contributed by atoms with E-state index in [1.54, 1.807) is 24.3 Å². The molecule has 5 rings (SSSR count). The van der Waals surface area contributed by atoms with Crippen LogP contribution in [-0.4, -0.2) is 56.4 Å². The number of anilines is 4. The van der Waals surface area contributed by atoms with Gasteiger partial charge in [0.2, 0.25) is 10.0 Å². The van der Waals surface area contributed by atoms with Crippen LogP contribution >= 0.6 is 0 Å². The minimum absolute atomic E-state index is 0.314. The summed E-state index contributed by atoms with van der Waals surface area (Å²) in [6.07, 6.45) is 6.98. The van der Waals surface area contributed by atoms with Crippen molar-refractivity contribution in [3.63, 3.8) is 0 Å². The fraction of sp³-hybridized carbons (Fsp3) is 0.520. The quantitative estimate of drug-likeness (QED) is 0.509. The summed E-state index contributed by atoms with van der Waals surface area (Å²) in [5.41, 5.74) is 2.59. The highest BCUT2D eigenvalue weighted by atomic mass is 32.2. The average Bonchev–Trinajstić information content (AvgIpc) is 3.60. The second kappa shape index (κ2) is 9.66. The number of nitrogens with one attached hydrogen (secondary N) is 3. The number of hydrogen-bond donors (Lipinski definition) is 4. The predicted octanol–water partition coefficient (Wildman–Crippen LogP) is 3.27. The molecule has 0 unspecified atom stereocenters. The van der Waals surface area contributed by atoms with E-state index in [9.17, 15) is 13.2 Å². The predicted molar refractivity (Wildman–Crippen MR) is 137 cm³/mol. The van der Waals surface area contributed by atoms with E-state index in [1.807, 2.05) is 12.1 Å². The van der Waals surface area contributed by atoms with Crippen LogP contribution in [0.25, 0.3) is 0 Å². The normalized spacial score (nSPS) is 21.7. The number of carbonyl (C=O) groups is 1. The molecule has 1 atom stereocenters. The van der Waals surface area contributed by atoms with E-state index in [-0.39, 0.29) is 11.7 Å². The molecule has 1 aromatic carbocycles. The molecule has 10 heteroatoms. The van der Waals surface area contributed by atoms with Crippen molar-refractivity contribution in [1.29, 1.82) is 0 Å². The van der Waals surface area contributed by atoms with Gasteiger partial charge in [0.25, 0.3) is 5.91 Å². The molecule has 2 fully saturated rings. The number of aliphatic hydroxyl groups is 1. The van der Waals surface area contributed by atoms with Crippen molar-refractivity contribution in [2.75, 3.05) is 52.2 Å². The lowest BCUT2D eigenvalue weighted by Crippen LogP contribution is -2.42. The number of aliphatic hydroxyl groups excluding tert-OH is 1. The molecular formula is C25H33N5O4S. The molecule has 2 aromatic rings. The number of benzene rings is 1. The average molecular weight is 500 g/mol. The summed E-state index contributed by atoms with van der Waals surface area (Å²) in [6, 6.07) is 10.5. The highest BCUT2D eigenvalue weighted by molar-refractivity contribution is 7.92. The van der Waals surface area contributed by atoms with Gasteiger partial charge in [-0.05, 0) is 73.8 Å². The van der Waals surface area contributed by atoms with E-state index in [4.69, 9.17) is 5.11 Å². The van der Waals surface area contributed by atoms with E-state index in [1.165, 1.54) is 12.8 Å². The first-order valence-corrected chi connectivity index (χ1v) is 14.1. The Bertz CT molecular complexity index is 1200. The number of rotatable bonds is 4. The summed E-state index contributed by atoms with van der Waals surface area (Å²) in [6.45, 7) is 2.11. The van der Waals surface area contributed by atoms with Crippen molar-refractivity contribution in [1.82, 2.24) is 4.98 Å². The van der Waals surface area contributed by atoms with Gasteiger partial charge in [-0.15, -0.1) is 0 Å². The molecule has 1 aliphatic carbocycles. The summed E-state index contributed by atoms with van der Waals surface area (Å²) in [4.78, 5) is 19.9. The molecule has 3 aliphatic rings. The van der Waals surface area contributed by atoms with Crippen molar-refractivity contribution in [3.05, 3.63) is 42.1 Å². The largest absolute Gasteiger partial charge is 0.395 e. The molecule has 1 aromatic heterocycles. The molecule has 1 amide bonds. The first kappa shape index (κ1) is 23.9. The highest BCUT2D eigenvalue weighted by Crippen LogP contribution is 2.58. The lowest BCUT2D eigenvalue weighted by Gasteiger charge is -2.41. The van der Waals surface area contributed by atoms with Crippen LogP contribution in [0.4, 0.5) is 22.9 Å². The third kappa shape index (κ3) is 5.38. The second-order valence-corrected chi connectivity index (χ2v) is 11.8. The summed E-state index contributed by atoms with van der Waals surface area (Å²) < 4.78 is 27.1. The fourth-order valence-electron chi connectivity index (χ4n) is 5.44. The summed E-state index contributed by atoms with van der Waals surface area (Å²) in [5.74, 6) is 0.567. The number of sulfonamides is 1. The van der Waals surface area contributed by atoms with Crippen molar-refractivity contribution in [2.24, 2.45) is 11.3 Å². The Morgan fingerprint density at radius 2 is 2.03 bits per heavy atom. The SMILES string of the molecule is O=C1Nc2ccc(NS(=O)(=O)CCO)cc2N2CCC3(CC3)[C@H](CCCCNc3cccc1n3)C2. The van der Waals surface area contributed by atoms with Gasteiger partial charge in [0.05, 0.1) is 29.4 Å². The first-order chi connectivity index (χ1) is 16.9. The van der Waals surface area contributed by atoms with Gasteiger partial charge in [0, 0.05) is 19.6 Å². The minimum Gasteiger partial charge on any atom is -0.395 e. The molecule has 4 N–H and O–H groups in total. The van der Waals surface area contributed by atoms with Crippen LogP contribution in [0, 0.1) is 11.3 Å². The number of carbonyl (C=O) groups excluding carboxylic acids is 1. The summed E-state index contributed by atoms with van der Waals surface area (Å²) in [5, 5.41) is 15.4. The minimum atomic E-state index is -3.66. The molecule has 1 saturated heterocycles. The standard InChI is InChI=1S/C25H33N5O4S/c31-14-15-35(33,34)29-19-7-8-20-22(16-19)30-13-11-25(9-10-25)18(17-30)4-1-2-12-26-23-6-3-5-21(27-23)24(32)28-20/h3,5-8,16,18,29,31H,1-2,4,9-15,17H2,(H,26,27)(H,28,32)/t18-/m1/s1. The Morgan fingerprint density at radius 1 is 1.17 bits per heavy atom. The van der Waals surface area contributed by atoms with Gasteiger partial charge in [-0.25, -0.2) is 13.4 Å². The van der Waals surface area contributed by atoms with E-state index < -0.39 is 16.6 Å². The molecule has 188 valence electrons. The topological polar surface area (TPSA) is 124 Å².